The fourth-order valence-corrected chi connectivity index (χ4v) is 0.630. The Hall–Kier alpha value is -0.0805. The Kier molecular flexibility index (Phi) is 13.4. The molecule has 0 saturated carbocycles. The minimum Gasteiger partial charge on any atom is -1.00 e. The molecule has 0 saturated heterocycles. The van der Waals surface area contributed by atoms with Crippen LogP contribution in [0.15, 0.2) is 24.3 Å². The molecule has 0 amide bonds. The van der Waals surface area contributed by atoms with Crippen molar-refractivity contribution < 1.29 is 51.7 Å². The number of phenolic OH excluding ortho intramolecular Hbond substituents is 1. The predicted octanol–water partition coefficient (Wildman–Crippen LogP) is -4.59. The molecule has 1 aromatic rings. The molecule has 0 heterocycles. The first-order valence-electron chi connectivity index (χ1n) is 2.66. The van der Waals surface area contributed by atoms with Crippen molar-refractivity contribution in [3.05, 3.63) is 24.3 Å². The number of methoxy groups -OCH3 is 1. The molecule has 0 aliphatic carbocycles. The maximum absolute atomic E-state index is 8.99. The molecule has 1 radical (unpaired) electrons. The number of ether oxygens (including phenoxy) is 1. The van der Waals surface area contributed by atoms with Crippen LogP contribution in [-0.2, 0) is 17.1 Å². The number of rotatable bonds is 1. The predicted molar refractivity (Wildman–Crippen MR) is 34.7 cm³/mol. The van der Waals surface area contributed by atoms with E-state index in [9.17, 15) is 0 Å². The van der Waals surface area contributed by atoms with Gasteiger partial charge in [-0.25, -0.2) is 0 Å². The van der Waals surface area contributed by atoms with Gasteiger partial charge in [-0.3, -0.25) is 0 Å². The standard InChI is InChI=1S/C7H8O2.2ClH.Mn/c1-9-7-5-3-2-4-6(7)8;;;/h2-5,8H,1H3;2*1H;/q;;;+2/p-2. The second kappa shape index (κ2) is 9.01. The molecular weight excluding hydrogens is 242 g/mol. The zero-order valence-electron chi connectivity index (χ0n) is 6.30. The van der Waals surface area contributed by atoms with Crippen LogP contribution in [0.4, 0.5) is 0 Å². The largest absolute Gasteiger partial charge is 2.00 e. The molecular formula is C7H8Cl2MnO2. The molecule has 69 valence electrons. The Morgan fingerprint density at radius 3 is 2.00 bits per heavy atom. The van der Waals surface area contributed by atoms with E-state index in [-0.39, 0.29) is 47.6 Å². The molecule has 1 aromatic carbocycles. The van der Waals surface area contributed by atoms with Crippen LogP contribution < -0.4 is 29.6 Å². The summed E-state index contributed by atoms with van der Waals surface area (Å²) < 4.78 is 4.79. The molecule has 0 aromatic heterocycles. The van der Waals surface area contributed by atoms with E-state index in [1.165, 1.54) is 7.11 Å². The van der Waals surface area contributed by atoms with Crippen LogP contribution in [0.3, 0.4) is 0 Å². The summed E-state index contributed by atoms with van der Waals surface area (Å²) >= 11 is 0. The van der Waals surface area contributed by atoms with Gasteiger partial charge < -0.3 is 34.7 Å². The van der Waals surface area contributed by atoms with E-state index in [1.54, 1.807) is 24.3 Å². The molecule has 1 rings (SSSR count). The van der Waals surface area contributed by atoms with E-state index in [4.69, 9.17) is 9.84 Å². The molecule has 0 atom stereocenters. The molecule has 5 heteroatoms. The van der Waals surface area contributed by atoms with E-state index in [2.05, 4.69) is 0 Å². The number of hydrogen-bond acceptors (Lipinski definition) is 2. The van der Waals surface area contributed by atoms with Crippen LogP contribution in [0, 0.1) is 0 Å². The maximum Gasteiger partial charge on any atom is 2.00 e. The first-order valence-corrected chi connectivity index (χ1v) is 2.66. The van der Waals surface area contributed by atoms with Crippen molar-refractivity contribution >= 4 is 0 Å². The van der Waals surface area contributed by atoms with E-state index in [0.717, 1.165) is 0 Å². The van der Waals surface area contributed by atoms with Gasteiger partial charge in [0, 0.05) is 0 Å². The summed E-state index contributed by atoms with van der Waals surface area (Å²) in [5.41, 5.74) is 0. The van der Waals surface area contributed by atoms with Crippen LogP contribution in [-0.4, -0.2) is 12.2 Å². The summed E-state index contributed by atoms with van der Waals surface area (Å²) in [5.74, 6) is 0.692. The summed E-state index contributed by atoms with van der Waals surface area (Å²) in [6.07, 6.45) is 0. The number of phenols is 1. The Labute approximate surface area is 94.6 Å². The normalized spacial score (nSPS) is 6.75. The second-order valence-electron chi connectivity index (χ2n) is 1.67. The third-order valence-corrected chi connectivity index (χ3v) is 1.09. The maximum atomic E-state index is 8.99. The van der Waals surface area contributed by atoms with Crippen LogP contribution >= 0.6 is 0 Å². The zero-order chi connectivity index (χ0) is 6.69. The summed E-state index contributed by atoms with van der Waals surface area (Å²) in [6.45, 7) is 0. The summed E-state index contributed by atoms with van der Waals surface area (Å²) in [4.78, 5) is 0. The van der Waals surface area contributed by atoms with Gasteiger partial charge in [-0.15, -0.1) is 0 Å². The van der Waals surface area contributed by atoms with Crippen molar-refractivity contribution in [1.82, 2.24) is 0 Å². The summed E-state index contributed by atoms with van der Waals surface area (Å²) in [6, 6.07) is 6.84. The van der Waals surface area contributed by atoms with Crippen molar-refractivity contribution in [1.29, 1.82) is 0 Å². The van der Waals surface area contributed by atoms with Crippen molar-refractivity contribution in [3.63, 3.8) is 0 Å². The molecule has 0 unspecified atom stereocenters. The van der Waals surface area contributed by atoms with Gasteiger partial charge in [0.1, 0.15) is 0 Å². The van der Waals surface area contributed by atoms with E-state index in [1.807, 2.05) is 0 Å². The van der Waals surface area contributed by atoms with E-state index >= 15 is 0 Å². The van der Waals surface area contributed by atoms with Gasteiger partial charge in [0.05, 0.1) is 7.11 Å². The van der Waals surface area contributed by atoms with Crippen LogP contribution in [0.5, 0.6) is 11.5 Å². The van der Waals surface area contributed by atoms with Crippen LogP contribution in [0.2, 0.25) is 0 Å². The van der Waals surface area contributed by atoms with Gasteiger partial charge in [0.2, 0.25) is 0 Å². The average molecular weight is 250 g/mol. The fourth-order valence-electron chi connectivity index (χ4n) is 0.630. The van der Waals surface area contributed by atoms with Gasteiger partial charge in [0.25, 0.3) is 0 Å². The van der Waals surface area contributed by atoms with Crippen LogP contribution in [0.1, 0.15) is 0 Å². The minimum absolute atomic E-state index is 0. The topological polar surface area (TPSA) is 29.5 Å². The van der Waals surface area contributed by atoms with Gasteiger partial charge in [-0.1, -0.05) is 12.1 Å². The van der Waals surface area contributed by atoms with Gasteiger partial charge in [-0.2, -0.15) is 0 Å². The number of hydrogen-bond donors (Lipinski definition) is 1. The van der Waals surface area contributed by atoms with E-state index in [0.29, 0.717) is 5.75 Å². The van der Waals surface area contributed by atoms with Gasteiger partial charge >= 0.3 is 17.1 Å². The second-order valence-corrected chi connectivity index (χ2v) is 1.67. The SMILES string of the molecule is COc1ccccc1O.[Cl-].[Cl-].[Mn+2]. The van der Waals surface area contributed by atoms with Gasteiger partial charge in [-0.05, 0) is 12.1 Å². The quantitative estimate of drug-likeness (QED) is 0.508. The summed E-state index contributed by atoms with van der Waals surface area (Å²) in [7, 11) is 1.52. The molecule has 1 N–H and O–H groups in total. The summed E-state index contributed by atoms with van der Waals surface area (Å²) in [5, 5.41) is 8.99. The monoisotopic (exact) mass is 249 g/mol. The third-order valence-electron chi connectivity index (χ3n) is 1.09. The number of halogens is 2. The Morgan fingerprint density at radius 1 is 1.17 bits per heavy atom. The molecule has 0 spiro atoms. The Morgan fingerprint density at radius 2 is 1.67 bits per heavy atom. The fraction of sp³-hybridized carbons (Fsp3) is 0.143. The molecule has 12 heavy (non-hydrogen) atoms. The Bertz CT molecular complexity index is 208. The molecule has 0 aliphatic rings. The van der Waals surface area contributed by atoms with Crippen LogP contribution in [0.25, 0.3) is 0 Å². The first-order chi connectivity index (χ1) is 4.34. The molecule has 0 aliphatic heterocycles. The number of para-hydroxylation sites is 2. The third kappa shape index (κ3) is 4.73. The molecule has 0 fully saturated rings. The minimum atomic E-state index is 0. The number of benzene rings is 1. The smallest absolute Gasteiger partial charge is 1.00 e. The number of aromatic hydroxyl groups is 1. The van der Waals surface area contributed by atoms with Crippen molar-refractivity contribution in [2.24, 2.45) is 0 Å². The molecule has 2 nitrogen and oxygen atoms in total. The first kappa shape index (κ1) is 17.9. The van der Waals surface area contributed by atoms with Crippen molar-refractivity contribution in [2.45, 2.75) is 0 Å². The van der Waals surface area contributed by atoms with E-state index < -0.39 is 0 Å². The van der Waals surface area contributed by atoms with Gasteiger partial charge in [0.15, 0.2) is 11.5 Å². The van der Waals surface area contributed by atoms with Crippen molar-refractivity contribution in [2.75, 3.05) is 7.11 Å². The van der Waals surface area contributed by atoms with Crippen molar-refractivity contribution in [3.8, 4) is 11.5 Å². The molecule has 0 bridgehead atoms. The average Bonchev–Trinajstić information content (AvgIpc) is 1.89. The Balaban J connectivity index is -0.000000270. The zero-order valence-corrected chi connectivity index (χ0v) is 8.99.